The maximum Gasteiger partial charge on any atom is 0.254 e. The van der Waals surface area contributed by atoms with E-state index in [-0.39, 0.29) is 5.91 Å². The quantitative estimate of drug-likeness (QED) is 0.616. The first-order valence-corrected chi connectivity index (χ1v) is 7.92. The monoisotopic (exact) mass is 389 g/mol. The van der Waals surface area contributed by atoms with Gasteiger partial charge in [-0.3, -0.25) is 9.69 Å². The van der Waals surface area contributed by atoms with Gasteiger partial charge in [0.15, 0.2) is 5.75 Å². The smallest absolute Gasteiger partial charge is 0.254 e. The first-order valence-electron chi connectivity index (χ1n) is 6.75. The van der Waals surface area contributed by atoms with E-state index >= 15 is 0 Å². The van der Waals surface area contributed by atoms with Crippen molar-refractivity contribution in [1.82, 2.24) is 10.3 Å². The SMILES string of the molecule is COc1c(Cl)cc(/C=N/NC(=O)CN2CCOCC2)cc1Br. The van der Waals surface area contributed by atoms with Crippen LogP contribution in [0.5, 0.6) is 5.75 Å². The van der Waals surface area contributed by atoms with E-state index in [0.29, 0.717) is 30.5 Å². The normalized spacial score (nSPS) is 16.0. The van der Waals surface area contributed by atoms with Crippen LogP contribution in [0.15, 0.2) is 21.7 Å². The zero-order valence-electron chi connectivity index (χ0n) is 12.1. The molecule has 120 valence electrons. The Kier molecular flexibility index (Phi) is 6.63. The van der Waals surface area contributed by atoms with Gasteiger partial charge in [-0.25, -0.2) is 5.43 Å². The largest absolute Gasteiger partial charge is 0.494 e. The summed E-state index contributed by atoms with van der Waals surface area (Å²) in [6.45, 7) is 3.16. The topological polar surface area (TPSA) is 63.2 Å². The second kappa shape index (κ2) is 8.47. The van der Waals surface area contributed by atoms with Crippen molar-refractivity contribution in [2.45, 2.75) is 0 Å². The van der Waals surface area contributed by atoms with E-state index in [4.69, 9.17) is 21.1 Å². The van der Waals surface area contributed by atoms with Crippen LogP contribution in [0.2, 0.25) is 5.02 Å². The van der Waals surface area contributed by atoms with Gasteiger partial charge in [-0.05, 0) is 33.6 Å². The van der Waals surface area contributed by atoms with Crippen LogP contribution in [0, 0.1) is 0 Å². The number of morpholine rings is 1. The number of amides is 1. The molecule has 0 aromatic heterocycles. The zero-order chi connectivity index (χ0) is 15.9. The molecule has 1 aliphatic heterocycles. The maximum atomic E-state index is 11.8. The first kappa shape index (κ1) is 17.2. The summed E-state index contributed by atoms with van der Waals surface area (Å²) in [7, 11) is 1.55. The molecule has 0 bridgehead atoms. The van der Waals surface area contributed by atoms with Gasteiger partial charge in [-0.2, -0.15) is 5.10 Å². The highest BCUT2D eigenvalue weighted by atomic mass is 79.9. The van der Waals surface area contributed by atoms with Crippen LogP contribution >= 0.6 is 27.5 Å². The molecule has 1 aromatic rings. The maximum absolute atomic E-state index is 11.8. The Morgan fingerprint density at radius 3 is 2.91 bits per heavy atom. The predicted octanol–water partition coefficient (Wildman–Crippen LogP) is 1.89. The van der Waals surface area contributed by atoms with Crippen molar-refractivity contribution in [3.05, 3.63) is 27.2 Å². The molecule has 0 saturated carbocycles. The van der Waals surface area contributed by atoms with Gasteiger partial charge in [0, 0.05) is 13.1 Å². The summed E-state index contributed by atoms with van der Waals surface area (Å²) < 4.78 is 11.1. The van der Waals surface area contributed by atoms with E-state index in [1.54, 1.807) is 13.2 Å². The number of methoxy groups -OCH3 is 1. The highest BCUT2D eigenvalue weighted by Crippen LogP contribution is 2.33. The number of ether oxygens (including phenoxy) is 2. The van der Waals surface area contributed by atoms with E-state index in [1.807, 2.05) is 11.0 Å². The van der Waals surface area contributed by atoms with Gasteiger partial charge >= 0.3 is 0 Å². The minimum absolute atomic E-state index is 0.156. The molecule has 1 aliphatic rings. The van der Waals surface area contributed by atoms with Crippen LogP contribution in [0.1, 0.15) is 5.56 Å². The Hall–Kier alpha value is -1.15. The fourth-order valence-corrected chi connectivity index (χ4v) is 3.08. The lowest BCUT2D eigenvalue weighted by Gasteiger charge is -2.25. The van der Waals surface area contributed by atoms with Crippen molar-refractivity contribution in [3.63, 3.8) is 0 Å². The minimum Gasteiger partial charge on any atom is -0.494 e. The molecule has 8 heteroatoms. The number of hydrogen-bond donors (Lipinski definition) is 1. The van der Waals surface area contributed by atoms with Crippen molar-refractivity contribution in [3.8, 4) is 5.75 Å². The Balaban J connectivity index is 1.87. The Labute approximate surface area is 142 Å². The average molecular weight is 391 g/mol. The Morgan fingerprint density at radius 1 is 1.55 bits per heavy atom. The van der Waals surface area contributed by atoms with Gasteiger partial charge in [0.1, 0.15) is 0 Å². The van der Waals surface area contributed by atoms with Crippen molar-refractivity contribution < 1.29 is 14.3 Å². The third kappa shape index (κ3) is 4.95. The van der Waals surface area contributed by atoms with Crippen molar-refractivity contribution in [1.29, 1.82) is 0 Å². The van der Waals surface area contributed by atoms with Crippen LogP contribution < -0.4 is 10.2 Å². The molecular weight excluding hydrogens is 374 g/mol. The summed E-state index contributed by atoms with van der Waals surface area (Å²) in [6.07, 6.45) is 1.54. The summed E-state index contributed by atoms with van der Waals surface area (Å²) >= 11 is 9.45. The second-order valence-electron chi connectivity index (χ2n) is 4.70. The lowest BCUT2D eigenvalue weighted by atomic mass is 10.2. The van der Waals surface area contributed by atoms with E-state index in [9.17, 15) is 4.79 Å². The van der Waals surface area contributed by atoms with E-state index in [0.717, 1.165) is 23.1 Å². The molecule has 1 fully saturated rings. The predicted molar refractivity (Wildman–Crippen MR) is 88.7 cm³/mol. The zero-order valence-corrected chi connectivity index (χ0v) is 14.5. The molecule has 0 aliphatic carbocycles. The number of benzene rings is 1. The third-order valence-electron chi connectivity index (χ3n) is 3.10. The number of rotatable bonds is 5. The van der Waals surface area contributed by atoms with Gasteiger partial charge in [-0.15, -0.1) is 0 Å². The fourth-order valence-electron chi connectivity index (χ4n) is 2.03. The fraction of sp³-hybridized carbons (Fsp3) is 0.429. The van der Waals surface area contributed by atoms with Crippen molar-refractivity contribution in [2.75, 3.05) is 40.0 Å². The molecule has 1 heterocycles. The molecule has 1 amide bonds. The molecule has 0 atom stereocenters. The molecule has 2 rings (SSSR count). The number of nitrogens with one attached hydrogen (secondary N) is 1. The Morgan fingerprint density at radius 2 is 2.27 bits per heavy atom. The van der Waals surface area contributed by atoms with Crippen LogP contribution in [0.25, 0.3) is 0 Å². The number of carbonyl (C=O) groups excluding carboxylic acids is 1. The van der Waals surface area contributed by atoms with Crippen molar-refractivity contribution >= 4 is 39.7 Å². The molecule has 0 radical (unpaired) electrons. The van der Waals surface area contributed by atoms with Gasteiger partial charge in [-0.1, -0.05) is 11.6 Å². The summed E-state index contributed by atoms with van der Waals surface area (Å²) in [4.78, 5) is 13.8. The van der Waals surface area contributed by atoms with Crippen LogP contribution in [0.3, 0.4) is 0 Å². The molecule has 1 saturated heterocycles. The second-order valence-corrected chi connectivity index (χ2v) is 5.96. The highest BCUT2D eigenvalue weighted by molar-refractivity contribution is 9.10. The molecular formula is C14H17BrClN3O3. The lowest BCUT2D eigenvalue weighted by molar-refractivity contribution is -0.123. The van der Waals surface area contributed by atoms with Crippen LogP contribution in [-0.4, -0.2) is 57.0 Å². The van der Waals surface area contributed by atoms with Crippen LogP contribution in [-0.2, 0) is 9.53 Å². The molecule has 6 nitrogen and oxygen atoms in total. The number of carbonyl (C=O) groups is 1. The lowest BCUT2D eigenvalue weighted by Crippen LogP contribution is -2.42. The summed E-state index contributed by atoms with van der Waals surface area (Å²) in [5.41, 5.74) is 3.26. The van der Waals surface area contributed by atoms with Crippen molar-refractivity contribution in [2.24, 2.45) is 5.10 Å². The summed E-state index contributed by atoms with van der Waals surface area (Å²) in [5, 5.41) is 4.41. The van der Waals surface area contributed by atoms with E-state index < -0.39 is 0 Å². The highest BCUT2D eigenvalue weighted by Gasteiger charge is 2.13. The number of nitrogens with zero attached hydrogens (tertiary/aromatic N) is 2. The molecule has 1 aromatic carbocycles. The molecule has 0 spiro atoms. The number of hydrogen-bond acceptors (Lipinski definition) is 5. The van der Waals surface area contributed by atoms with E-state index in [2.05, 4.69) is 26.5 Å². The Bertz CT molecular complexity index is 539. The number of hydrazone groups is 1. The molecule has 1 N–H and O–H groups in total. The van der Waals surface area contributed by atoms with Crippen LogP contribution in [0.4, 0.5) is 0 Å². The number of halogens is 2. The standard InChI is InChI=1S/C14H17BrClN3O3/c1-21-14-11(15)6-10(7-12(14)16)8-17-18-13(20)9-19-2-4-22-5-3-19/h6-8H,2-5,9H2,1H3,(H,18,20)/b17-8+. The van der Waals surface area contributed by atoms with Gasteiger partial charge < -0.3 is 9.47 Å². The minimum atomic E-state index is -0.156. The average Bonchev–Trinajstić information content (AvgIpc) is 2.48. The van der Waals surface area contributed by atoms with Gasteiger partial charge in [0.25, 0.3) is 5.91 Å². The van der Waals surface area contributed by atoms with Gasteiger partial charge in [0.05, 0.1) is 42.6 Å². The summed E-state index contributed by atoms with van der Waals surface area (Å²) in [5.74, 6) is 0.409. The van der Waals surface area contributed by atoms with E-state index in [1.165, 1.54) is 6.21 Å². The third-order valence-corrected chi connectivity index (χ3v) is 3.97. The molecule has 0 unspecified atom stereocenters. The molecule has 22 heavy (non-hydrogen) atoms. The summed E-state index contributed by atoms with van der Waals surface area (Å²) in [6, 6.07) is 3.52. The van der Waals surface area contributed by atoms with Gasteiger partial charge in [0.2, 0.25) is 0 Å². The first-order chi connectivity index (χ1) is 10.6.